The van der Waals surface area contributed by atoms with Crippen molar-refractivity contribution < 1.29 is 24.5 Å². The molecule has 0 aromatic carbocycles. The largest absolute Gasteiger partial charge is 0.466 e. The van der Waals surface area contributed by atoms with Crippen molar-refractivity contribution in [1.82, 2.24) is 5.32 Å². The Kier molecular flexibility index (Phi) is 39.8. The van der Waals surface area contributed by atoms with Crippen molar-refractivity contribution in [3.63, 3.8) is 0 Å². The quantitative estimate of drug-likeness (QED) is 0.0333. The summed E-state index contributed by atoms with van der Waals surface area (Å²) in [6.45, 7) is 4.81. The molecule has 2 unspecified atom stereocenters. The second-order valence-corrected chi connectivity index (χ2v) is 15.0. The first-order chi connectivity index (χ1) is 25.0. The van der Waals surface area contributed by atoms with E-state index in [4.69, 9.17) is 4.74 Å². The number of nitrogens with one attached hydrogen (secondary N) is 1. The first-order valence-electron chi connectivity index (χ1n) is 22.1. The topological polar surface area (TPSA) is 95.9 Å². The fourth-order valence-electron chi connectivity index (χ4n) is 6.52. The molecule has 51 heavy (non-hydrogen) atoms. The first-order valence-corrected chi connectivity index (χ1v) is 22.1. The predicted molar refractivity (Wildman–Crippen MR) is 218 cm³/mol. The van der Waals surface area contributed by atoms with Crippen molar-refractivity contribution in [3.8, 4) is 0 Å². The van der Waals surface area contributed by atoms with Crippen LogP contribution >= 0.6 is 0 Å². The summed E-state index contributed by atoms with van der Waals surface area (Å²) in [5, 5.41) is 23.1. The van der Waals surface area contributed by atoms with E-state index in [1.54, 1.807) is 0 Å². The third-order valence-electron chi connectivity index (χ3n) is 9.97. The Bertz CT molecular complexity index is 797. The van der Waals surface area contributed by atoms with Gasteiger partial charge in [0, 0.05) is 12.8 Å². The summed E-state index contributed by atoms with van der Waals surface area (Å²) >= 11 is 0. The molecule has 0 aliphatic rings. The van der Waals surface area contributed by atoms with Crippen LogP contribution in [-0.2, 0) is 14.3 Å². The summed E-state index contributed by atoms with van der Waals surface area (Å²) in [5.41, 5.74) is 0. The Morgan fingerprint density at radius 3 is 1.47 bits per heavy atom. The average molecular weight is 720 g/mol. The van der Waals surface area contributed by atoms with Gasteiger partial charge in [0.1, 0.15) is 0 Å². The van der Waals surface area contributed by atoms with Crippen molar-refractivity contribution in [2.75, 3.05) is 13.2 Å². The number of carbonyl (C=O) groups excluding carboxylic acids is 2. The van der Waals surface area contributed by atoms with Gasteiger partial charge in [0.05, 0.1) is 25.4 Å². The highest BCUT2D eigenvalue weighted by atomic mass is 16.5. The Morgan fingerprint density at radius 1 is 0.529 bits per heavy atom. The molecule has 1 amide bonds. The van der Waals surface area contributed by atoms with Gasteiger partial charge in [0.2, 0.25) is 5.91 Å². The van der Waals surface area contributed by atoms with E-state index in [1.165, 1.54) is 122 Å². The highest BCUT2D eigenvalue weighted by molar-refractivity contribution is 5.76. The van der Waals surface area contributed by atoms with Crippen LogP contribution in [0.3, 0.4) is 0 Å². The Labute approximate surface area is 316 Å². The molecule has 0 aliphatic heterocycles. The van der Waals surface area contributed by atoms with Crippen molar-refractivity contribution in [2.45, 2.75) is 238 Å². The summed E-state index contributed by atoms with van der Waals surface area (Å²) in [7, 11) is 0. The third-order valence-corrected chi connectivity index (χ3v) is 9.97. The molecule has 0 saturated heterocycles. The summed E-state index contributed by atoms with van der Waals surface area (Å²) in [6, 6.07) is -0.577. The number of hydrogen-bond acceptors (Lipinski definition) is 5. The van der Waals surface area contributed by atoms with Crippen LogP contribution in [-0.4, -0.2) is 47.4 Å². The second-order valence-electron chi connectivity index (χ2n) is 15.0. The molecule has 2 atom stereocenters. The fourth-order valence-corrected chi connectivity index (χ4v) is 6.52. The molecule has 0 aromatic heterocycles. The van der Waals surface area contributed by atoms with Crippen molar-refractivity contribution in [1.29, 1.82) is 0 Å². The van der Waals surface area contributed by atoms with Crippen LogP contribution in [0.2, 0.25) is 0 Å². The third kappa shape index (κ3) is 37.9. The number of rotatable bonds is 40. The molecule has 6 nitrogen and oxygen atoms in total. The minimum absolute atomic E-state index is 0.0466. The minimum Gasteiger partial charge on any atom is -0.466 e. The van der Waals surface area contributed by atoms with Crippen LogP contribution in [0.4, 0.5) is 0 Å². The minimum atomic E-state index is -0.694. The number of allylic oxidation sites excluding steroid dienone is 4. The molecule has 0 fully saturated rings. The van der Waals surface area contributed by atoms with Gasteiger partial charge in [-0.25, -0.2) is 0 Å². The van der Waals surface area contributed by atoms with Crippen LogP contribution in [0.25, 0.3) is 0 Å². The van der Waals surface area contributed by atoms with Gasteiger partial charge in [0.25, 0.3) is 0 Å². The lowest BCUT2D eigenvalue weighted by Gasteiger charge is -2.22. The molecule has 0 rings (SSSR count). The summed E-state index contributed by atoms with van der Waals surface area (Å²) in [6.07, 6.45) is 45.6. The Balaban J connectivity index is 3.58. The molecule has 0 aromatic rings. The number of esters is 1. The monoisotopic (exact) mass is 720 g/mol. The zero-order valence-corrected chi connectivity index (χ0v) is 33.8. The summed E-state index contributed by atoms with van der Waals surface area (Å²) in [5.74, 6) is -0.144. The van der Waals surface area contributed by atoms with Crippen LogP contribution in [0.5, 0.6) is 0 Å². The lowest BCUT2D eigenvalue weighted by Crippen LogP contribution is -2.45. The summed E-state index contributed by atoms with van der Waals surface area (Å²) in [4.78, 5) is 24.3. The van der Waals surface area contributed by atoms with E-state index in [0.29, 0.717) is 25.9 Å². The lowest BCUT2D eigenvalue weighted by molar-refractivity contribution is -0.143. The second kappa shape index (κ2) is 41.1. The van der Waals surface area contributed by atoms with Gasteiger partial charge in [-0.2, -0.15) is 0 Å². The van der Waals surface area contributed by atoms with E-state index in [0.717, 1.165) is 70.6 Å². The SMILES string of the molecule is CCCCC/C=C\CCCCCCCC(=O)OCCCCCC/C=C\CCCC(=O)NC(CO)C(O)CCCCCCCCCCCCCCC. The molecule has 0 saturated carbocycles. The van der Waals surface area contributed by atoms with E-state index in [-0.39, 0.29) is 18.5 Å². The van der Waals surface area contributed by atoms with Gasteiger partial charge in [-0.05, 0) is 70.6 Å². The molecule has 0 spiro atoms. The lowest BCUT2D eigenvalue weighted by atomic mass is 10.0. The van der Waals surface area contributed by atoms with Crippen molar-refractivity contribution in [3.05, 3.63) is 24.3 Å². The number of carbonyl (C=O) groups is 2. The van der Waals surface area contributed by atoms with Gasteiger partial charge < -0.3 is 20.3 Å². The highest BCUT2D eigenvalue weighted by Crippen LogP contribution is 2.15. The predicted octanol–water partition coefficient (Wildman–Crippen LogP) is 12.4. The molecular weight excluding hydrogens is 634 g/mol. The fraction of sp³-hybridized carbons (Fsp3) is 0.867. The van der Waals surface area contributed by atoms with E-state index in [9.17, 15) is 19.8 Å². The van der Waals surface area contributed by atoms with Gasteiger partial charge in [-0.1, -0.05) is 167 Å². The molecule has 0 heterocycles. The molecule has 6 heteroatoms. The Hall–Kier alpha value is -1.66. The summed E-state index contributed by atoms with van der Waals surface area (Å²) < 4.78 is 5.41. The Morgan fingerprint density at radius 2 is 0.941 bits per heavy atom. The van der Waals surface area contributed by atoms with Gasteiger partial charge in [-0.3, -0.25) is 9.59 Å². The molecule has 0 aliphatic carbocycles. The van der Waals surface area contributed by atoms with E-state index in [1.807, 2.05) is 0 Å². The molecule has 300 valence electrons. The van der Waals surface area contributed by atoms with Crippen molar-refractivity contribution >= 4 is 11.9 Å². The zero-order chi connectivity index (χ0) is 37.3. The maximum Gasteiger partial charge on any atom is 0.305 e. The van der Waals surface area contributed by atoms with Crippen LogP contribution in [0, 0.1) is 0 Å². The maximum atomic E-state index is 12.4. The number of unbranched alkanes of at least 4 members (excludes halogenated alkanes) is 25. The van der Waals surface area contributed by atoms with Crippen LogP contribution < -0.4 is 5.32 Å². The van der Waals surface area contributed by atoms with E-state index < -0.39 is 12.1 Å². The van der Waals surface area contributed by atoms with Crippen LogP contribution in [0.1, 0.15) is 226 Å². The number of amides is 1. The van der Waals surface area contributed by atoms with Gasteiger partial charge in [0.15, 0.2) is 0 Å². The van der Waals surface area contributed by atoms with E-state index >= 15 is 0 Å². The van der Waals surface area contributed by atoms with Gasteiger partial charge >= 0.3 is 5.97 Å². The molecular formula is C45H85NO5. The standard InChI is InChI=1S/C45H85NO5/c1-3-5-7-9-11-13-15-17-18-21-25-29-33-37-43(48)42(41-47)46-44(49)38-34-30-26-22-20-24-28-32-36-40-51-45(50)39-35-31-27-23-19-16-14-12-10-8-6-4-2/h12,14,22,26,42-43,47-48H,3-11,13,15-21,23-25,27-41H2,1-2H3,(H,46,49)/b14-12-,26-22-. The van der Waals surface area contributed by atoms with E-state index in [2.05, 4.69) is 43.5 Å². The number of aliphatic hydroxyl groups excluding tert-OH is 2. The molecule has 0 bridgehead atoms. The molecule has 0 radical (unpaired) electrons. The average Bonchev–Trinajstić information content (AvgIpc) is 3.13. The molecule has 3 N–H and O–H groups in total. The van der Waals surface area contributed by atoms with Crippen molar-refractivity contribution in [2.24, 2.45) is 0 Å². The number of aliphatic hydroxyl groups is 2. The first kappa shape index (κ1) is 49.3. The maximum absolute atomic E-state index is 12.4. The normalized spacial score (nSPS) is 12.9. The zero-order valence-electron chi connectivity index (χ0n) is 33.8. The highest BCUT2D eigenvalue weighted by Gasteiger charge is 2.19. The van der Waals surface area contributed by atoms with Crippen LogP contribution in [0.15, 0.2) is 24.3 Å². The smallest absolute Gasteiger partial charge is 0.305 e. The number of ether oxygens (including phenoxy) is 1. The number of hydrogen-bond donors (Lipinski definition) is 3. The van der Waals surface area contributed by atoms with Gasteiger partial charge in [-0.15, -0.1) is 0 Å².